The topological polar surface area (TPSA) is 29.0 Å². The molecule has 2 heterocycles. The van der Waals surface area contributed by atoms with Crippen LogP contribution in [0, 0.1) is 6.92 Å². The van der Waals surface area contributed by atoms with E-state index >= 15 is 0 Å². The molecule has 3 rings (SSSR count). The first-order valence-corrected chi connectivity index (χ1v) is 7.09. The van der Waals surface area contributed by atoms with E-state index in [4.69, 9.17) is 11.6 Å². The maximum Gasteiger partial charge on any atom is 0.225 e. The zero-order valence-corrected chi connectivity index (χ0v) is 11.5. The molecule has 2 aromatic heterocycles. The van der Waals surface area contributed by atoms with Crippen LogP contribution in [0.1, 0.15) is 24.6 Å². The van der Waals surface area contributed by atoms with Crippen LogP contribution in [0.2, 0.25) is 5.28 Å². The molecule has 1 aliphatic rings. The molecule has 0 radical (unpaired) electrons. The van der Waals surface area contributed by atoms with Crippen molar-refractivity contribution in [3.05, 3.63) is 16.2 Å². The van der Waals surface area contributed by atoms with Crippen molar-refractivity contribution >= 4 is 39.0 Å². The molecule has 1 saturated carbocycles. The predicted molar refractivity (Wildman–Crippen MR) is 73.2 cm³/mol. The van der Waals surface area contributed by atoms with Gasteiger partial charge in [-0.15, -0.1) is 11.3 Å². The molecule has 0 spiro atoms. The number of hydrogen-bond donors (Lipinski definition) is 0. The first-order valence-electron chi connectivity index (χ1n) is 5.89. The van der Waals surface area contributed by atoms with Crippen molar-refractivity contribution < 1.29 is 0 Å². The molecule has 0 amide bonds. The summed E-state index contributed by atoms with van der Waals surface area (Å²) >= 11 is 7.70. The van der Waals surface area contributed by atoms with E-state index in [-0.39, 0.29) is 0 Å². The van der Waals surface area contributed by atoms with Crippen LogP contribution in [0.5, 0.6) is 0 Å². The highest BCUT2D eigenvalue weighted by atomic mass is 35.5. The minimum absolute atomic E-state index is 0.355. The number of hydrogen-bond acceptors (Lipinski definition) is 4. The maximum absolute atomic E-state index is 6.02. The van der Waals surface area contributed by atoms with Crippen LogP contribution in [0.15, 0.2) is 6.07 Å². The van der Waals surface area contributed by atoms with E-state index < -0.39 is 0 Å². The minimum Gasteiger partial charge on any atom is -0.353 e. The van der Waals surface area contributed by atoms with E-state index in [1.807, 2.05) is 0 Å². The summed E-state index contributed by atoms with van der Waals surface area (Å²) in [5.74, 6) is 1.01. The molecular formula is C12H14ClN3S. The van der Waals surface area contributed by atoms with Gasteiger partial charge >= 0.3 is 0 Å². The van der Waals surface area contributed by atoms with Gasteiger partial charge in [-0.2, -0.15) is 4.98 Å². The number of nitrogens with zero attached hydrogens (tertiary/aromatic N) is 3. The standard InChI is InChI=1S/C12H14ClN3S/c1-3-16(8-4-5-8)10-9-6-7(2)17-11(9)15-12(13)14-10/h6,8H,3-5H2,1-2H3. The highest BCUT2D eigenvalue weighted by molar-refractivity contribution is 7.18. The summed E-state index contributed by atoms with van der Waals surface area (Å²) in [5, 5.41) is 1.50. The first-order chi connectivity index (χ1) is 8.19. The zero-order valence-electron chi connectivity index (χ0n) is 9.90. The summed E-state index contributed by atoms with van der Waals surface area (Å²) in [4.78, 5) is 13.3. The molecule has 0 atom stereocenters. The van der Waals surface area contributed by atoms with E-state index in [0.717, 1.165) is 22.6 Å². The van der Waals surface area contributed by atoms with E-state index in [1.165, 1.54) is 17.7 Å². The van der Waals surface area contributed by atoms with Crippen LogP contribution in [0.25, 0.3) is 10.2 Å². The lowest BCUT2D eigenvalue weighted by molar-refractivity contribution is 0.811. The minimum atomic E-state index is 0.355. The average molecular weight is 268 g/mol. The molecule has 0 saturated heterocycles. The zero-order chi connectivity index (χ0) is 12.0. The third-order valence-corrected chi connectivity index (χ3v) is 4.18. The summed E-state index contributed by atoms with van der Waals surface area (Å²) in [7, 11) is 0. The Kier molecular flexibility index (Phi) is 2.71. The normalized spacial score (nSPS) is 15.5. The lowest BCUT2D eigenvalue weighted by Crippen LogP contribution is -2.26. The van der Waals surface area contributed by atoms with Gasteiger partial charge in [0.2, 0.25) is 5.28 Å². The van der Waals surface area contributed by atoms with Gasteiger partial charge in [-0.3, -0.25) is 0 Å². The second-order valence-corrected chi connectivity index (χ2v) is 5.98. The Morgan fingerprint density at radius 3 is 2.88 bits per heavy atom. The van der Waals surface area contributed by atoms with Gasteiger partial charge in [0.15, 0.2) is 0 Å². The smallest absolute Gasteiger partial charge is 0.225 e. The summed E-state index contributed by atoms with van der Waals surface area (Å²) in [5.41, 5.74) is 0. The monoisotopic (exact) mass is 267 g/mol. The Balaban J connectivity index is 2.18. The van der Waals surface area contributed by atoms with Gasteiger partial charge in [-0.1, -0.05) is 0 Å². The molecule has 0 aromatic carbocycles. The fraction of sp³-hybridized carbons (Fsp3) is 0.500. The lowest BCUT2D eigenvalue weighted by atomic mass is 10.3. The summed E-state index contributed by atoms with van der Waals surface area (Å²) in [6, 6.07) is 2.81. The molecule has 1 fully saturated rings. The van der Waals surface area contributed by atoms with E-state index in [0.29, 0.717) is 11.3 Å². The molecule has 0 bridgehead atoms. The predicted octanol–water partition coefficient (Wildman–Crippen LogP) is 3.64. The molecule has 5 heteroatoms. The van der Waals surface area contributed by atoms with Crippen molar-refractivity contribution in [2.24, 2.45) is 0 Å². The second-order valence-electron chi connectivity index (χ2n) is 4.41. The quantitative estimate of drug-likeness (QED) is 0.795. The Morgan fingerprint density at radius 2 is 2.24 bits per heavy atom. The number of aromatic nitrogens is 2. The van der Waals surface area contributed by atoms with Gasteiger partial charge in [-0.05, 0) is 44.4 Å². The van der Waals surface area contributed by atoms with Crippen molar-refractivity contribution in [1.82, 2.24) is 9.97 Å². The molecule has 3 nitrogen and oxygen atoms in total. The number of thiophene rings is 1. The van der Waals surface area contributed by atoms with Gasteiger partial charge in [0.1, 0.15) is 10.6 Å². The first kappa shape index (κ1) is 11.2. The van der Waals surface area contributed by atoms with Crippen LogP contribution in [-0.2, 0) is 0 Å². The molecule has 2 aromatic rings. The third-order valence-electron chi connectivity index (χ3n) is 3.07. The Labute approximate surface area is 109 Å². The second kappa shape index (κ2) is 4.10. The van der Waals surface area contributed by atoms with Crippen LogP contribution in [0.4, 0.5) is 5.82 Å². The summed E-state index contributed by atoms with van der Waals surface area (Å²) in [6.07, 6.45) is 2.53. The highest BCUT2D eigenvalue weighted by Gasteiger charge is 2.30. The highest BCUT2D eigenvalue weighted by Crippen LogP contribution is 2.37. The van der Waals surface area contributed by atoms with E-state index in [9.17, 15) is 0 Å². The fourth-order valence-corrected chi connectivity index (χ4v) is 3.28. The van der Waals surface area contributed by atoms with Gasteiger partial charge in [-0.25, -0.2) is 4.98 Å². The van der Waals surface area contributed by atoms with Gasteiger partial charge < -0.3 is 4.90 Å². The van der Waals surface area contributed by atoms with Crippen LogP contribution < -0.4 is 4.90 Å². The molecule has 0 N–H and O–H groups in total. The molecule has 0 aliphatic heterocycles. The molecule has 90 valence electrons. The number of aryl methyl sites for hydroxylation is 1. The van der Waals surface area contributed by atoms with Crippen molar-refractivity contribution in [3.8, 4) is 0 Å². The third kappa shape index (κ3) is 2.00. The number of anilines is 1. The van der Waals surface area contributed by atoms with E-state index in [1.54, 1.807) is 11.3 Å². The van der Waals surface area contributed by atoms with Crippen LogP contribution >= 0.6 is 22.9 Å². The summed E-state index contributed by atoms with van der Waals surface area (Å²) in [6.45, 7) is 5.23. The number of fused-ring (bicyclic) bond motifs is 1. The molecule has 0 unspecified atom stereocenters. The van der Waals surface area contributed by atoms with Gasteiger partial charge in [0.25, 0.3) is 0 Å². The number of rotatable bonds is 3. The van der Waals surface area contributed by atoms with Crippen molar-refractivity contribution in [3.63, 3.8) is 0 Å². The Bertz CT molecular complexity index is 562. The Morgan fingerprint density at radius 1 is 1.47 bits per heavy atom. The van der Waals surface area contributed by atoms with Gasteiger partial charge in [0, 0.05) is 17.5 Å². The Hall–Kier alpha value is -0.870. The van der Waals surface area contributed by atoms with Crippen molar-refractivity contribution in [2.45, 2.75) is 32.7 Å². The molecular weight excluding hydrogens is 254 g/mol. The van der Waals surface area contributed by atoms with Crippen molar-refractivity contribution in [1.29, 1.82) is 0 Å². The fourth-order valence-electron chi connectivity index (χ4n) is 2.19. The van der Waals surface area contributed by atoms with Gasteiger partial charge in [0.05, 0.1) is 5.39 Å². The van der Waals surface area contributed by atoms with Crippen LogP contribution in [0.3, 0.4) is 0 Å². The average Bonchev–Trinajstić information content (AvgIpc) is 3.02. The molecule has 17 heavy (non-hydrogen) atoms. The lowest BCUT2D eigenvalue weighted by Gasteiger charge is -2.22. The van der Waals surface area contributed by atoms with E-state index in [2.05, 4.69) is 34.8 Å². The largest absolute Gasteiger partial charge is 0.353 e. The maximum atomic E-state index is 6.02. The van der Waals surface area contributed by atoms with Crippen LogP contribution in [-0.4, -0.2) is 22.6 Å². The number of halogens is 1. The SMILES string of the molecule is CCN(c1nc(Cl)nc2sc(C)cc12)C1CC1. The van der Waals surface area contributed by atoms with Crippen molar-refractivity contribution in [2.75, 3.05) is 11.4 Å². The molecule has 1 aliphatic carbocycles. The summed E-state index contributed by atoms with van der Waals surface area (Å²) < 4.78 is 0.